The molecule has 0 atom stereocenters. The molecule has 2 heterocycles. The lowest BCUT2D eigenvalue weighted by Gasteiger charge is -2.33. The highest BCUT2D eigenvalue weighted by atomic mass is 32.2. The van der Waals surface area contributed by atoms with E-state index in [-0.39, 0.29) is 5.97 Å². The van der Waals surface area contributed by atoms with E-state index in [1.165, 1.54) is 0 Å². The largest absolute Gasteiger partial charge is 0.439 e. The van der Waals surface area contributed by atoms with Gasteiger partial charge in [0.15, 0.2) is 0 Å². The predicted octanol–water partition coefficient (Wildman–Crippen LogP) is 5.12. The summed E-state index contributed by atoms with van der Waals surface area (Å²) in [4.78, 5) is 24.0. The highest BCUT2D eigenvalue weighted by molar-refractivity contribution is 7.99. The summed E-state index contributed by atoms with van der Waals surface area (Å²) < 4.78 is 6.32. The molecule has 0 saturated carbocycles. The molecule has 0 N–H and O–H groups in total. The SMILES string of the molecule is CSc1cc(N(C)C)ccc1C1(c2ccc(N(C)C)cc2SC)OC(=O)c2cccnc21. The van der Waals surface area contributed by atoms with Crippen LogP contribution in [0.2, 0.25) is 0 Å². The number of hydrogen-bond donors (Lipinski definition) is 0. The topological polar surface area (TPSA) is 45.7 Å². The van der Waals surface area contributed by atoms with Crippen LogP contribution in [-0.2, 0) is 10.3 Å². The smallest absolute Gasteiger partial charge is 0.341 e. The lowest BCUT2D eigenvalue weighted by Crippen LogP contribution is -2.32. The number of aromatic nitrogens is 1. The fourth-order valence-corrected chi connectivity index (χ4v) is 5.44. The van der Waals surface area contributed by atoms with E-state index < -0.39 is 5.60 Å². The van der Waals surface area contributed by atoms with E-state index in [1.807, 2.05) is 40.7 Å². The molecule has 0 fully saturated rings. The standard InChI is InChI=1S/C25H27N3O2S2/c1-27(2)16-9-11-19(21(14-16)31-5)25(23-18(24(29)30-25)8-7-13-26-23)20-12-10-17(28(3)4)15-22(20)32-6/h7-15H,1-6H3. The monoisotopic (exact) mass is 465 g/mol. The number of thioether (sulfide) groups is 2. The minimum atomic E-state index is -1.11. The zero-order valence-corrected chi connectivity index (χ0v) is 20.8. The van der Waals surface area contributed by atoms with Crippen LogP contribution in [0.3, 0.4) is 0 Å². The summed E-state index contributed by atoms with van der Waals surface area (Å²) in [5.74, 6) is -0.347. The normalized spacial score (nSPS) is 14.1. The van der Waals surface area contributed by atoms with Crippen molar-refractivity contribution in [2.24, 2.45) is 0 Å². The summed E-state index contributed by atoms with van der Waals surface area (Å²) >= 11 is 3.29. The van der Waals surface area contributed by atoms with Gasteiger partial charge in [0.1, 0.15) is 5.69 Å². The van der Waals surface area contributed by atoms with Gasteiger partial charge in [0.2, 0.25) is 5.60 Å². The quantitative estimate of drug-likeness (QED) is 0.370. The number of nitrogens with zero attached hydrogens (tertiary/aromatic N) is 3. The van der Waals surface area contributed by atoms with Crippen molar-refractivity contribution in [2.45, 2.75) is 15.4 Å². The maximum absolute atomic E-state index is 13.1. The molecule has 1 aliphatic rings. The number of rotatable bonds is 6. The Morgan fingerprint density at radius 1 is 0.844 bits per heavy atom. The Morgan fingerprint density at radius 2 is 1.38 bits per heavy atom. The molecule has 2 aromatic carbocycles. The number of carbonyl (C=O) groups is 1. The first kappa shape index (κ1) is 22.6. The van der Waals surface area contributed by atoms with E-state index in [4.69, 9.17) is 9.72 Å². The number of benzene rings is 2. The molecule has 1 aliphatic heterocycles. The third-order valence-electron chi connectivity index (χ3n) is 5.77. The van der Waals surface area contributed by atoms with Gasteiger partial charge in [-0.2, -0.15) is 0 Å². The van der Waals surface area contributed by atoms with Gasteiger partial charge in [-0.25, -0.2) is 4.79 Å². The maximum atomic E-state index is 13.1. The summed E-state index contributed by atoms with van der Waals surface area (Å²) in [7, 11) is 8.08. The first-order valence-corrected chi connectivity index (χ1v) is 12.7. The predicted molar refractivity (Wildman–Crippen MR) is 135 cm³/mol. The van der Waals surface area contributed by atoms with Crippen LogP contribution >= 0.6 is 23.5 Å². The Labute approximate surface area is 198 Å². The van der Waals surface area contributed by atoms with E-state index in [2.05, 4.69) is 46.2 Å². The second kappa shape index (κ2) is 8.71. The summed E-state index contributed by atoms with van der Waals surface area (Å²) in [5, 5.41) is 0. The van der Waals surface area contributed by atoms with Gasteiger partial charge in [0.25, 0.3) is 0 Å². The molecular weight excluding hydrogens is 438 g/mol. The third-order valence-corrected chi connectivity index (χ3v) is 7.32. The number of fused-ring (bicyclic) bond motifs is 1. The summed E-state index contributed by atoms with van der Waals surface area (Å²) in [6.07, 6.45) is 5.83. The first-order chi connectivity index (χ1) is 15.3. The lowest BCUT2D eigenvalue weighted by atomic mass is 9.82. The highest BCUT2D eigenvalue weighted by Gasteiger charge is 2.52. The molecule has 32 heavy (non-hydrogen) atoms. The van der Waals surface area contributed by atoms with Crippen LogP contribution in [0, 0.1) is 0 Å². The first-order valence-electron chi connectivity index (χ1n) is 10.2. The van der Waals surface area contributed by atoms with Crippen molar-refractivity contribution in [1.29, 1.82) is 0 Å². The van der Waals surface area contributed by atoms with E-state index >= 15 is 0 Å². The van der Waals surface area contributed by atoms with Crippen LogP contribution < -0.4 is 9.80 Å². The second-order valence-corrected chi connectivity index (χ2v) is 9.72. The van der Waals surface area contributed by atoms with E-state index in [1.54, 1.807) is 41.9 Å². The fraction of sp³-hybridized carbons (Fsp3) is 0.280. The molecule has 7 heteroatoms. The number of cyclic esters (lactones) is 1. The zero-order valence-electron chi connectivity index (χ0n) is 19.2. The molecule has 0 unspecified atom stereocenters. The van der Waals surface area contributed by atoms with Crippen LogP contribution in [0.4, 0.5) is 11.4 Å². The number of hydrogen-bond acceptors (Lipinski definition) is 7. The third kappa shape index (κ3) is 3.53. The van der Waals surface area contributed by atoms with Crippen LogP contribution in [0.1, 0.15) is 27.2 Å². The van der Waals surface area contributed by atoms with E-state index in [0.717, 1.165) is 32.3 Å². The van der Waals surface area contributed by atoms with Gasteiger partial charge in [-0.05, 0) is 48.9 Å². The van der Waals surface area contributed by atoms with Crippen LogP contribution in [0.15, 0.2) is 64.5 Å². The van der Waals surface area contributed by atoms with Gasteiger partial charge in [0, 0.05) is 66.7 Å². The van der Waals surface area contributed by atoms with Crippen molar-refractivity contribution in [2.75, 3.05) is 50.5 Å². The van der Waals surface area contributed by atoms with Gasteiger partial charge in [0.05, 0.1) is 5.56 Å². The Hall–Kier alpha value is -2.64. The molecule has 0 saturated heterocycles. The summed E-state index contributed by atoms with van der Waals surface area (Å²) in [5.41, 5.74) is 4.08. The van der Waals surface area contributed by atoms with Crippen LogP contribution in [-0.4, -0.2) is 51.7 Å². The fourth-order valence-electron chi connectivity index (χ4n) is 4.10. The van der Waals surface area contributed by atoms with E-state index in [0.29, 0.717) is 11.3 Å². The molecule has 0 amide bonds. The van der Waals surface area contributed by atoms with Crippen LogP contribution in [0.25, 0.3) is 0 Å². The van der Waals surface area contributed by atoms with Gasteiger partial charge in [-0.1, -0.05) is 12.1 Å². The van der Waals surface area contributed by atoms with Crippen molar-refractivity contribution >= 4 is 40.9 Å². The van der Waals surface area contributed by atoms with Crippen molar-refractivity contribution in [1.82, 2.24) is 4.98 Å². The minimum Gasteiger partial charge on any atom is -0.439 e. The van der Waals surface area contributed by atoms with Crippen molar-refractivity contribution < 1.29 is 9.53 Å². The molecule has 0 spiro atoms. The number of ether oxygens (including phenoxy) is 1. The van der Waals surface area contributed by atoms with Gasteiger partial charge >= 0.3 is 5.97 Å². The van der Waals surface area contributed by atoms with Gasteiger partial charge < -0.3 is 14.5 Å². The molecule has 0 aliphatic carbocycles. The average Bonchev–Trinajstić information content (AvgIpc) is 3.11. The highest BCUT2D eigenvalue weighted by Crippen LogP contribution is 2.51. The Balaban J connectivity index is 2.08. The van der Waals surface area contributed by atoms with Gasteiger partial charge in [-0.15, -0.1) is 23.5 Å². The molecular formula is C25H27N3O2S2. The van der Waals surface area contributed by atoms with Gasteiger partial charge in [-0.3, -0.25) is 4.98 Å². The number of carbonyl (C=O) groups excluding carboxylic acids is 1. The molecule has 1 aromatic heterocycles. The molecule has 3 aromatic rings. The molecule has 5 nitrogen and oxygen atoms in total. The number of pyridine rings is 1. The van der Waals surface area contributed by atoms with Crippen molar-refractivity contribution in [3.8, 4) is 0 Å². The molecule has 0 radical (unpaired) electrons. The van der Waals surface area contributed by atoms with Crippen molar-refractivity contribution in [3.63, 3.8) is 0 Å². The van der Waals surface area contributed by atoms with Crippen molar-refractivity contribution in [3.05, 3.63) is 77.1 Å². The average molecular weight is 466 g/mol. The van der Waals surface area contributed by atoms with E-state index in [9.17, 15) is 4.79 Å². The Kier molecular flexibility index (Phi) is 6.14. The number of anilines is 2. The number of esters is 1. The Morgan fingerprint density at radius 3 is 1.84 bits per heavy atom. The molecule has 0 bridgehead atoms. The Bertz CT molecular complexity index is 1120. The van der Waals surface area contributed by atoms with Crippen LogP contribution in [0.5, 0.6) is 0 Å². The lowest BCUT2D eigenvalue weighted by molar-refractivity contribution is 0.0228. The second-order valence-electron chi connectivity index (χ2n) is 8.03. The maximum Gasteiger partial charge on any atom is 0.341 e. The molecule has 166 valence electrons. The summed E-state index contributed by atoms with van der Waals surface area (Å²) in [6.45, 7) is 0. The molecule has 4 rings (SSSR count). The summed E-state index contributed by atoms with van der Waals surface area (Å²) in [6, 6.07) is 16.1. The minimum absolute atomic E-state index is 0.347. The zero-order chi connectivity index (χ0) is 23.0.